The Labute approximate surface area is 140 Å². The van der Waals surface area contributed by atoms with E-state index in [4.69, 9.17) is 0 Å². The number of hydrogen-bond acceptors (Lipinski definition) is 5. The van der Waals surface area contributed by atoms with Crippen LogP contribution in [-0.4, -0.2) is 83.5 Å². The number of piperidine rings is 1. The molecule has 0 aliphatic carbocycles. The summed E-state index contributed by atoms with van der Waals surface area (Å²) in [5, 5.41) is 11.6. The highest BCUT2D eigenvalue weighted by atomic mass is 32.1. The van der Waals surface area contributed by atoms with Crippen molar-refractivity contribution >= 4 is 23.2 Å². The van der Waals surface area contributed by atoms with Gasteiger partial charge in [0.2, 0.25) is 5.91 Å². The lowest BCUT2D eigenvalue weighted by atomic mass is 10.1. The number of carbonyl (C=O) groups is 2. The maximum absolute atomic E-state index is 12.4. The lowest BCUT2D eigenvalue weighted by Crippen LogP contribution is -2.53. The van der Waals surface area contributed by atoms with E-state index in [1.807, 2.05) is 32.2 Å². The van der Waals surface area contributed by atoms with Crippen LogP contribution in [0.25, 0.3) is 0 Å². The molecular weight excluding hydrogens is 314 g/mol. The van der Waals surface area contributed by atoms with Crippen molar-refractivity contribution in [3.05, 3.63) is 22.4 Å². The fourth-order valence-corrected chi connectivity index (χ4v) is 3.87. The Bertz CT molecular complexity index is 541. The molecule has 3 rings (SSSR count). The van der Waals surface area contributed by atoms with Gasteiger partial charge in [-0.3, -0.25) is 14.5 Å². The molecular formula is C16H23N3O3S. The molecule has 126 valence electrons. The van der Waals surface area contributed by atoms with Crippen LogP contribution >= 0.6 is 11.3 Å². The lowest BCUT2D eigenvalue weighted by Gasteiger charge is -2.36. The largest absolute Gasteiger partial charge is 0.392 e. The fraction of sp³-hybridized carbons (Fsp3) is 0.625. The molecule has 1 N–H and O–H groups in total. The zero-order chi connectivity index (χ0) is 16.2. The molecule has 2 aliphatic rings. The number of rotatable bonds is 3. The van der Waals surface area contributed by atoms with Crippen molar-refractivity contribution in [1.82, 2.24) is 14.7 Å². The average Bonchev–Trinajstić information content (AvgIpc) is 3.09. The summed E-state index contributed by atoms with van der Waals surface area (Å²) in [6, 6.07) is 3.72. The summed E-state index contributed by atoms with van der Waals surface area (Å²) in [5.74, 6) is 0.161. The van der Waals surface area contributed by atoms with Gasteiger partial charge in [0.15, 0.2) is 0 Å². The SMILES string of the molecule is O=C(CN1CCCC(O)C1)N1CCN(C(=O)c2cccs2)CC1. The molecule has 0 saturated carbocycles. The number of thiophene rings is 1. The molecule has 6 nitrogen and oxygen atoms in total. The minimum atomic E-state index is -0.309. The summed E-state index contributed by atoms with van der Waals surface area (Å²) in [5.41, 5.74) is 0. The molecule has 0 spiro atoms. The van der Waals surface area contributed by atoms with E-state index in [1.165, 1.54) is 11.3 Å². The molecule has 0 aromatic carbocycles. The minimum absolute atomic E-state index is 0.0613. The first kappa shape index (κ1) is 16.4. The smallest absolute Gasteiger partial charge is 0.264 e. The van der Waals surface area contributed by atoms with Crippen molar-refractivity contribution in [3.63, 3.8) is 0 Å². The Kier molecular flexibility index (Phi) is 5.30. The number of nitrogens with zero attached hydrogens (tertiary/aromatic N) is 3. The predicted octanol–water partition coefficient (Wildman–Crippen LogP) is 0.489. The first-order valence-electron chi connectivity index (χ1n) is 8.14. The Morgan fingerprint density at radius 2 is 1.91 bits per heavy atom. The van der Waals surface area contributed by atoms with Crippen LogP contribution in [0.2, 0.25) is 0 Å². The number of β-amino-alcohol motifs (C(OH)–C–C–N with tert-alkyl or cyclic N) is 1. The second kappa shape index (κ2) is 7.42. The highest BCUT2D eigenvalue weighted by Crippen LogP contribution is 2.14. The van der Waals surface area contributed by atoms with Gasteiger partial charge in [-0.2, -0.15) is 0 Å². The van der Waals surface area contributed by atoms with Crippen molar-refractivity contribution in [2.24, 2.45) is 0 Å². The molecule has 2 aliphatic heterocycles. The molecule has 1 atom stereocenters. The monoisotopic (exact) mass is 337 g/mol. The normalized spacial score (nSPS) is 23.1. The molecule has 2 fully saturated rings. The van der Waals surface area contributed by atoms with E-state index in [1.54, 1.807) is 0 Å². The van der Waals surface area contributed by atoms with E-state index < -0.39 is 0 Å². The Morgan fingerprint density at radius 3 is 2.57 bits per heavy atom. The van der Waals surface area contributed by atoms with Gasteiger partial charge in [-0.1, -0.05) is 6.07 Å². The van der Waals surface area contributed by atoms with E-state index >= 15 is 0 Å². The van der Waals surface area contributed by atoms with Gasteiger partial charge < -0.3 is 14.9 Å². The number of aliphatic hydroxyl groups is 1. The third-order valence-electron chi connectivity index (χ3n) is 4.49. The summed E-state index contributed by atoms with van der Waals surface area (Å²) in [7, 11) is 0. The Morgan fingerprint density at radius 1 is 1.17 bits per heavy atom. The van der Waals surface area contributed by atoms with Crippen LogP contribution in [0.3, 0.4) is 0 Å². The third kappa shape index (κ3) is 4.10. The predicted molar refractivity (Wildman–Crippen MR) is 88.5 cm³/mol. The fourth-order valence-electron chi connectivity index (χ4n) is 3.18. The van der Waals surface area contributed by atoms with Crippen LogP contribution in [0, 0.1) is 0 Å². The van der Waals surface area contributed by atoms with Gasteiger partial charge in [0.05, 0.1) is 17.5 Å². The van der Waals surface area contributed by atoms with E-state index in [2.05, 4.69) is 0 Å². The molecule has 2 amide bonds. The number of likely N-dealkylation sites (tertiary alicyclic amines) is 1. The van der Waals surface area contributed by atoms with Gasteiger partial charge in [0, 0.05) is 32.7 Å². The number of amides is 2. The van der Waals surface area contributed by atoms with Crippen molar-refractivity contribution in [2.75, 3.05) is 45.8 Å². The number of aliphatic hydroxyl groups excluding tert-OH is 1. The van der Waals surface area contributed by atoms with Crippen molar-refractivity contribution in [3.8, 4) is 0 Å². The molecule has 7 heteroatoms. The second-order valence-electron chi connectivity index (χ2n) is 6.18. The maximum atomic E-state index is 12.4. The standard InChI is InChI=1S/C16H23N3O3S/c20-13-3-1-5-17(11-13)12-15(21)18-6-8-19(9-7-18)16(22)14-4-2-10-23-14/h2,4,10,13,20H,1,3,5-9,11-12H2. The van der Waals surface area contributed by atoms with Crippen molar-refractivity contribution < 1.29 is 14.7 Å². The topological polar surface area (TPSA) is 64.1 Å². The van der Waals surface area contributed by atoms with Gasteiger partial charge in [-0.25, -0.2) is 0 Å². The number of hydrogen-bond donors (Lipinski definition) is 1. The van der Waals surface area contributed by atoms with Crippen LogP contribution in [0.4, 0.5) is 0 Å². The summed E-state index contributed by atoms with van der Waals surface area (Å²) in [4.78, 5) is 31.1. The highest BCUT2D eigenvalue weighted by Gasteiger charge is 2.27. The van der Waals surface area contributed by atoms with E-state index in [0.717, 1.165) is 24.3 Å². The summed E-state index contributed by atoms with van der Waals surface area (Å²) >= 11 is 1.45. The lowest BCUT2D eigenvalue weighted by molar-refractivity contribution is -0.134. The second-order valence-corrected chi connectivity index (χ2v) is 7.13. The minimum Gasteiger partial charge on any atom is -0.392 e. The van der Waals surface area contributed by atoms with Crippen molar-refractivity contribution in [1.29, 1.82) is 0 Å². The summed E-state index contributed by atoms with van der Waals surface area (Å²) in [6.45, 7) is 4.19. The first-order valence-corrected chi connectivity index (χ1v) is 9.02. The number of carbonyl (C=O) groups excluding carboxylic acids is 2. The van der Waals surface area contributed by atoms with Gasteiger partial charge in [-0.15, -0.1) is 11.3 Å². The maximum Gasteiger partial charge on any atom is 0.264 e. The van der Waals surface area contributed by atoms with E-state index in [-0.39, 0.29) is 17.9 Å². The van der Waals surface area contributed by atoms with Gasteiger partial charge in [0.1, 0.15) is 0 Å². The summed E-state index contributed by atoms with van der Waals surface area (Å²) < 4.78 is 0. The first-order chi connectivity index (χ1) is 11.1. The molecule has 1 aromatic rings. The van der Waals surface area contributed by atoms with Crippen LogP contribution < -0.4 is 0 Å². The molecule has 2 saturated heterocycles. The van der Waals surface area contributed by atoms with Crippen LogP contribution in [0.5, 0.6) is 0 Å². The zero-order valence-electron chi connectivity index (χ0n) is 13.2. The molecule has 3 heterocycles. The molecule has 0 bridgehead atoms. The van der Waals surface area contributed by atoms with Gasteiger partial charge in [-0.05, 0) is 30.8 Å². The van der Waals surface area contributed by atoms with Crippen LogP contribution in [0.15, 0.2) is 17.5 Å². The third-order valence-corrected chi connectivity index (χ3v) is 5.35. The van der Waals surface area contributed by atoms with E-state index in [9.17, 15) is 14.7 Å². The Balaban J connectivity index is 1.46. The molecule has 23 heavy (non-hydrogen) atoms. The average molecular weight is 337 g/mol. The zero-order valence-corrected chi connectivity index (χ0v) is 14.0. The van der Waals surface area contributed by atoms with Crippen LogP contribution in [-0.2, 0) is 4.79 Å². The van der Waals surface area contributed by atoms with Crippen LogP contribution in [0.1, 0.15) is 22.5 Å². The summed E-state index contributed by atoms with van der Waals surface area (Å²) in [6.07, 6.45) is 1.46. The van der Waals surface area contributed by atoms with Gasteiger partial charge >= 0.3 is 0 Å². The molecule has 1 unspecified atom stereocenters. The quantitative estimate of drug-likeness (QED) is 0.872. The van der Waals surface area contributed by atoms with Gasteiger partial charge in [0.25, 0.3) is 5.91 Å². The number of piperazine rings is 1. The highest BCUT2D eigenvalue weighted by molar-refractivity contribution is 7.12. The van der Waals surface area contributed by atoms with E-state index in [0.29, 0.717) is 39.3 Å². The molecule has 1 aromatic heterocycles. The van der Waals surface area contributed by atoms with Crippen molar-refractivity contribution in [2.45, 2.75) is 18.9 Å². The Hall–Kier alpha value is -1.44. The molecule has 0 radical (unpaired) electrons.